The van der Waals surface area contributed by atoms with E-state index in [0.717, 1.165) is 24.3 Å². The quantitative estimate of drug-likeness (QED) is 0.531. The molecule has 0 spiro atoms. The molecule has 2 amide bonds. The summed E-state index contributed by atoms with van der Waals surface area (Å²) < 4.78 is 1.68. The van der Waals surface area contributed by atoms with Crippen molar-refractivity contribution < 1.29 is 9.59 Å². The average molecular weight is 462 g/mol. The second-order valence-corrected chi connectivity index (χ2v) is 9.67. The molecule has 1 atom stereocenters. The van der Waals surface area contributed by atoms with Gasteiger partial charge in [0.25, 0.3) is 0 Å². The largest absolute Gasteiger partial charge is 0.385 e. The molecule has 34 heavy (non-hydrogen) atoms. The van der Waals surface area contributed by atoms with Crippen molar-refractivity contribution in [3.63, 3.8) is 0 Å². The number of benzene rings is 1. The summed E-state index contributed by atoms with van der Waals surface area (Å²) >= 11 is 0. The Kier molecular flexibility index (Phi) is 4.61. The van der Waals surface area contributed by atoms with Crippen LogP contribution in [0.4, 0.5) is 23.1 Å². The molecule has 11 heteroatoms. The van der Waals surface area contributed by atoms with Crippen LogP contribution in [0.25, 0.3) is 5.65 Å². The predicted molar refractivity (Wildman–Crippen MR) is 127 cm³/mol. The van der Waals surface area contributed by atoms with Gasteiger partial charge in [-0.1, -0.05) is 19.9 Å². The molecule has 0 saturated carbocycles. The first kappa shape index (κ1) is 20.7. The minimum atomic E-state index is -0.523. The van der Waals surface area contributed by atoms with Crippen molar-refractivity contribution in [2.45, 2.75) is 31.7 Å². The molecule has 5 heterocycles. The third kappa shape index (κ3) is 3.39. The molecule has 2 fully saturated rings. The van der Waals surface area contributed by atoms with Gasteiger partial charge in [0.15, 0.2) is 11.5 Å². The van der Waals surface area contributed by atoms with Gasteiger partial charge < -0.3 is 25.8 Å². The number of carbonyl (C=O) groups is 2. The van der Waals surface area contributed by atoms with E-state index in [2.05, 4.69) is 58.1 Å². The molecule has 176 valence electrons. The molecule has 0 bridgehead atoms. The Hall–Kier alpha value is -3.89. The first-order chi connectivity index (χ1) is 16.4. The summed E-state index contributed by atoms with van der Waals surface area (Å²) in [4.78, 5) is 37.4. The van der Waals surface area contributed by atoms with E-state index in [1.54, 1.807) is 21.8 Å². The molecule has 1 unspecified atom stereocenters. The van der Waals surface area contributed by atoms with Gasteiger partial charge in [0.05, 0.1) is 6.54 Å². The first-order valence-electron chi connectivity index (χ1n) is 11.6. The zero-order valence-electron chi connectivity index (χ0n) is 19.2. The molecule has 3 aliphatic rings. The number of fused-ring (bicyclic) bond motifs is 3. The van der Waals surface area contributed by atoms with Gasteiger partial charge in [-0.15, -0.1) is 5.10 Å². The van der Waals surface area contributed by atoms with Crippen molar-refractivity contribution in [3.8, 4) is 0 Å². The molecule has 1 aromatic carbocycles. The Morgan fingerprint density at radius 3 is 2.94 bits per heavy atom. The number of aromatic nitrogens is 4. The monoisotopic (exact) mass is 461 g/mol. The number of nitrogens with zero attached hydrogens (tertiary/aromatic N) is 6. The van der Waals surface area contributed by atoms with E-state index in [0.29, 0.717) is 37.0 Å². The Morgan fingerprint density at radius 2 is 2.06 bits per heavy atom. The van der Waals surface area contributed by atoms with Gasteiger partial charge in [0.2, 0.25) is 17.8 Å². The standard InChI is InChI=1S/C23H27N9O2/c1-23(2)5-6-24-16-11-14(3-4-15(16)23)27-22-28-20-19(25-7-8-32(20)29-22)30-9-10-31-17(13-30)21(34)26-12-18(31)33/h3-4,7-8,11,17,24H,5-6,9-10,12-13H2,1-2H3,(H,26,34)(H,27,29). The van der Waals surface area contributed by atoms with E-state index in [1.807, 2.05) is 4.90 Å². The summed E-state index contributed by atoms with van der Waals surface area (Å²) in [5.41, 5.74) is 4.08. The third-order valence-corrected chi connectivity index (χ3v) is 7.02. The minimum Gasteiger partial charge on any atom is -0.385 e. The predicted octanol–water partition coefficient (Wildman–Crippen LogP) is 1.11. The van der Waals surface area contributed by atoms with Crippen molar-refractivity contribution in [2.75, 3.05) is 48.3 Å². The molecule has 2 saturated heterocycles. The summed E-state index contributed by atoms with van der Waals surface area (Å²) in [5, 5.41) is 14.1. The van der Waals surface area contributed by atoms with E-state index in [9.17, 15) is 9.59 Å². The molecular weight excluding hydrogens is 434 g/mol. The zero-order valence-corrected chi connectivity index (χ0v) is 19.2. The summed E-state index contributed by atoms with van der Waals surface area (Å²) in [6.07, 6.45) is 4.52. The lowest BCUT2D eigenvalue weighted by molar-refractivity contribution is -0.146. The fraction of sp³-hybridized carbons (Fsp3) is 0.435. The maximum Gasteiger partial charge on any atom is 0.247 e. The fourth-order valence-electron chi connectivity index (χ4n) is 5.09. The maximum atomic E-state index is 12.4. The van der Waals surface area contributed by atoms with Gasteiger partial charge in [0, 0.05) is 49.9 Å². The molecule has 0 aliphatic carbocycles. The second-order valence-electron chi connectivity index (χ2n) is 9.67. The van der Waals surface area contributed by atoms with Gasteiger partial charge in [-0.05, 0) is 29.5 Å². The highest BCUT2D eigenvalue weighted by molar-refractivity contribution is 5.95. The number of amides is 2. The minimum absolute atomic E-state index is 0.0488. The lowest BCUT2D eigenvalue weighted by atomic mass is 9.78. The molecule has 2 aromatic heterocycles. The highest BCUT2D eigenvalue weighted by atomic mass is 16.2. The Morgan fingerprint density at radius 1 is 1.18 bits per heavy atom. The van der Waals surface area contributed by atoms with Crippen molar-refractivity contribution >= 4 is 40.6 Å². The smallest absolute Gasteiger partial charge is 0.247 e. The number of carbonyl (C=O) groups excluding carboxylic acids is 2. The molecule has 3 aliphatic heterocycles. The van der Waals surface area contributed by atoms with Crippen LogP contribution in [-0.4, -0.2) is 75.1 Å². The Labute approximate surface area is 196 Å². The number of anilines is 4. The Balaban J connectivity index is 1.27. The van der Waals surface area contributed by atoms with Gasteiger partial charge in [-0.25, -0.2) is 9.50 Å². The number of piperazine rings is 2. The zero-order chi connectivity index (χ0) is 23.4. The van der Waals surface area contributed by atoms with E-state index < -0.39 is 6.04 Å². The van der Waals surface area contributed by atoms with Crippen molar-refractivity contribution in [2.24, 2.45) is 0 Å². The SMILES string of the molecule is CC1(C)CCNc2cc(Nc3nc4c(N5CCN6C(=O)CNC(=O)C6C5)nccn4n3)ccc21. The average Bonchev–Trinajstić information content (AvgIpc) is 3.23. The van der Waals surface area contributed by atoms with Gasteiger partial charge in [0.1, 0.15) is 6.04 Å². The molecule has 11 nitrogen and oxygen atoms in total. The van der Waals surface area contributed by atoms with Crippen LogP contribution in [-0.2, 0) is 15.0 Å². The van der Waals surface area contributed by atoms with E-state index in [4.69, 9.17) is 4.98 Å². The van der Waals surface area contributed by atoms with Crippen molar-refractivity contribution in [3.05, 3.63) is 36.2 Å². The first-order valence-corrected chi connectivity index (χ1v) is 11.6. The van der Waals surface area contributed by atoms with Crippen molar-refractivity contribution in [1.82, 2.24) is 29.8 Å². The van der Waals surface area contributed by atoms with E-state index in [1.165, 1.54) is 5.56 Å². The number of hydrogen-bond acceptors (Lipinski definition) is 8. The van der Waals surface area contributed by atoms with Gasteiger partial charge >= 0.3 is 0 Å². The number of hydrogen-bond donors (Lipinski definition) is 3. The normalized spacial score (nSPS) is 21.5. The highest BCUT2D eigenvalue weighted by Gasteiger charge is 2.39. The molecule has 3 N–H and O–H groups in total. The molecule has 6 rings (SSSR count). The molecule has 0 radical (unpaired) electrons. The summed E-state index contributed by atoms with van der Waals surface area (Å²) in [6, 6.07) is 5.78. The fourth-order valence-corrected chi connectivity index (χ4v) is 5.09. The summed E-state index contributed by atoms with van der Waals surface area (Å²) in [7, 11) is 0. The molecule has 3 aromatic rings. The van der Waals surface area contributed by atoms with Crippen molar-refractivity contribution in [1.29, 1.82) is 0 Å². The van der Waals surface area contributed by atoms with Crippen LogP contribution in [0.5, 0.6) is 0 Å². The highest BCUT2D eigenvalue weighted by Crippen LogP contribution is 2.38. The van der Waals surface area contributed by atoms with Crippen LogP contribution in [0.2, 0.25) is 0 Å². The Bertz CT molecular complexity index is 1300. The van der Waals surface area contributed by atoms with Gasteiger partial charge in [-0.2, -0.15) is 4.98 Å². The number of rotatable bonds is 3. The lowest BCUT2D eigenvalue weighted by Gasteiger charge is -2.43. The lowest BCUT2D eigenvalue weighted by Crippen LogP contribution is -2.66. The van der Waals surface area contributed by atoms with Crippen LogP contribution in [0.3, 0.4) is 0 Å². The van der Waals surface area contributed by atoms with Crippen LogP contribution in [0.15, 0.2) is 30.6 Å². The maximum absolute atomic E-state index is 12.4. The third-order valence-electron chi connectivity index (χ3n) is 7.02. The summed E-state index contributed by atoms with van der Waals surface area (Å²) in [6.45, 7) is 6.96. The second kappa shape index (κ2) is 7.57. The summed E-state index contributed by atoms with van der Waals surface area (Å²) in [5.74, 6) is 0.924. The van der Waals surface area contributed by atoms with Gasteiger partial charge in [-0.3, -0.25) is 9.59 Å². The molecular formula is C23H27N9O2. The topological polar surface area (TPSA) is 120 Å². The van der Waals surface area contributed by atoms with E-state index >= 15 is 0 Å². The van der Waals surface area contributed by atoms with Crippen LogP contribution in [0.1, 0.15) is 25.8 Å². The van der Waals surface area contributed by atoms with E-state index in [-0.39, 0.29) is 23.8 Å². The number of nitrogens with one attached hydrogen (secondary N) is 3. The van der Waals surface area contributed by atoms with Crippen LogP contribution >= 0.6 is 0 Å². The van der Waals surface area contributed by atoms with Crippen LogP contribution in [0, 0.1) is 0 Å². The van der Waals surface area contributed by atoms with Crippen LogP contribution < -0.4 is 20.9 Å².